The maximum atomic E-state index is 12.6. The van der Waals surface area contributed by atoms with Crippen LogP contribution in [0.3, 0.4) is 0 Å². The molecule has 1 aliphatic heterocycles. The Morgan fingerprint density at radius 1 is 1.33 bits per heavy atom. The molecule has 2 amide bonds. The van der Waals surface area contributed by atoms with Crippen LogP contribution in [0.5, 0.6) is 0 Å². The Kier molecular flexibility index (Phi) is 5.75. The Morgan fingerprint density at radius 3 is 2.43 bits per heavy atom. The normalized spacial score (nSPS) is 20.3. The molecule has 1 rings (SSSR count). The number of aldehydes is 1. The summed E-state index contributed by atoms with van der Waals surface area (Å²) in [7, 11) is 0. The molecule has 0 aromatic heterocycles. The highest BCUT2D eigenvalue weighted by molar-refractivity contribution is 5.88. The van der Waals surface area contributed by atoms with Gasteiger partial charge in [0.1, 0.15) is 17.9 Å². The molecule has 0 aromatic carbocycles. The number of amides is 2. The highest BCUT2D eigenvalue weighted by Gasteiger charge is 2.35. The first kappa shape index (κ1) is 17.5. The quantitative estimate of drug-likeness (QED) is 0.802. The van der Waals surface area contributed by atoms with E-state index in [9.17, 15) is 14.4 Å². The standard InChI is InChI=1S/C15H26N2O4/c1-10(2)12(16-14(20)21-15(3,4)5)13(19)17-8-6-7-11(17)9-18/h9-12H,6-8H2,1-5H3,(H,16,20). The van der Waals surface area contributed by atoms with Crippen LogP contribution in [0.4, 0.5) is 4.79 Å². The van der Waals surface area contributed by atoms with Gasteiger partial charge in [-0.3, -0.25) is 4.79 Å². The first-order valence-corrected chi connectivity index (χ1v) is 7.41. The summed E-state index contributed by atoms with van der Waals surface area (Å²) >= 11 is 0. The van der Waals surface area contributed by atoms with Gasteiger partial charge in [-0.1, -0.05) is 13.8 Å². The van der Waals surface area contributed by atoms with Crippen molar-refractivity contribution in [3.8, 4) is 0 Å². The monoisotopic (exact) mass is 298 g/mol. The van der Waals surface area contributed by atoms with E-state index in [1.165, 1.54) is 0 Å². The van der Waals surface area contributed by atoms with Gasteiger partial charge < -0.3 is 19.7 Å². The van der Waals surface area contributed by atoms with Gasteiger partial charge in [0.15, 0.2) is 0 Å². The summed E-state index contributed by atoms with van der Waals surface area (Å²) in [5.74, 6) is -0.302. The molecule has 1 saturated heterocycles. The predicted molar refractivity (Wildman–Crippen MR) is 78.8 cm³/mol. The molecule has 1 aliphatic rings. The molecule has 2 atom stereocenters. The Morgan fingerprint density at radius 2 is 1.95 bits per heavy atom. The van der Waals surface area contributed by atoms with Gasteiger partial charge >= 0.3 is 6.09 Å². The molecule has 0 radical (unpaired) electrons. The number of carbonyl (C=O) groups excluding carboxylic acids is 3. The van der Waals surface area contributed by atoms with Gasteiger partial charge in [-0.25, -0.2) is 4.79 Å². The fourth-order valence-corrected chi connectivity index (χ4v) is 2.33. The number of alkyl carbamates (subject to hydrolysis) is 1. The smallest absolute Gasteiger partial charge is 0.408 e. The third-order valence-corrected chi connectivity index (χ3v) is 3.34. The second-order valence-electron chi connectivity index (χ2n) is 6.75. The van der Waals surface area contributed by atoms with Crippen molar-refractivity contribution in [2.24, 2.45) is 5.92 Å². The number of hydrogen-bond donors (Lipinski definition) is 1. The minimum absolute atomic E-state index is 0.0853. The van der Waals surface area contributed by atoms with Crippen LogP contribution in [0.1, 0.15) is 47.5 Å². The zero-order chi connectivity index (χ0) is 16.2. The van der Waals surface area contributed by atoms with Crippen molar-refractivity contribution in [3.63, 3.8) is 0 Å². The van der Waals surface area contributed by atoms with Gasteiger partial charge in [-0.05, 0) is 39.5 Å². The number of carbonyl (C=O) groups is 3. The van der Waals surface area contributed by atoms with Crippen molar-refractivity contribution in [3.05, 3.63) is 0 Å². The molecule has 21 heavy (non-hydrogen) atoms. The first-order chi connectivity index (χ1) is 9.65. The van der Waals surface area contributed by atoms with Gasteiger partial charge in [-0.2, -0.15) is 0 Å². The molecule has 0 spiro atoms. The molecule has 0 aromatic rings. The largest absolute Gasteiger partial charge is 0.444 e. The summed E-state index contributed by atoms with van der Waals surface area (Å²) in [5, 5.41) is 2.63. The van der Waals surface area contributed by atoms with E-state index in [2.05, 4.69) is 5.32 Å². The average Bonchev–Trinajstić information content (AvgIpc) is 2.80. The maximum absolute atomic E-state index is 12.6. The fourth-order valence-electron chi connectivity index (χ4n) is 2.33. The lowest BCUT2D eigenvalue weighted by molar-refractivity contribution is -0.137. The van der Waals surface area contributed by atoms with Crippen LogP contribution >= 0.6 is 0 Å². The topological polar surface area (TPSA) is 75.7 Å². The Balaban J connectivity index is 2.75. The maximum Gasteiger partial charge on any atom is 0.408 e. The number of hydrogen-bond acceptors (Lipinski definition) is 4. The highest BCUT2D eigenvalue weighted by Crippen LogP contribution is 2.19. The lowest BCUT2D eigenvalue weighted by Gasteiger charge is -2.30. The summed E-state index contributed by atoms with van der Waals surface area (Å²) in [6.07, 6.45) is 1.69. The van der Waals surface area contributed by atoms with E-state index in [1.807, 2.05) is 13.8 Å². The zero-order valence-electron chi connectivity index (χ0n) is 13.5. The molecule has 6 nitrogen and oxygen atoms in total. The van der Waals surface area contributed by atoms with Crippen molar-refractivity contribution < 1.29 is 19.1 Å². The van der Waals surface area contributed by atoms with Gasteiger partial charge in [0, 0.05) is 6.54 Å². The van der Waals surface area contributed by atoms with Crippen molar-refractivity contribution >= 4 is 18.3 Å². The lowest BCUT2D eigenvalue weighted by atomic mass is 10.0. The molecule has 120 valence electrons. The van der Waals surface area contributed by atoms with E-state index < -0.39 is 17.7 Å². The summed E-state index contributed by atoms with van der Waals surface area (Å²) in [6.45, 7) is 9.56. The lowest BCUT2D eigenvalue weighted by Crippen LogP contribution is -2.53. The third kappa shape index (κ3) is 5.02. The molecule has 0 saturated carbocycles. The number of nitrogens with zero attached hydrogens (tertiary/aromatic N) is 1. The number of likely N-dealkylation sites (tertiary alicyclic amines) is 1. The third-order valence-electron chi connectivity index (χ3n) is 3.34. The van der Waals surface area contributed by atoms with Crippen molar-refractivity contribution in [1.82, 2.24) is 10.2 Å². The van der Waals surface area contributed by atoms with Crippen molar-refractivity contribution in [2.75, 3.05) is 6.54 Å². The Hall–Kier alpha value is -1.59. The molecule has 2 unspecified atom stereocenters. The second-order valence-corrected chi connectivity index (χ2v) is 6.75. The predicted octanol–water partition coefficient (Wildman–Crippen LogP) is 1.73. The molecule has 0 bridgehead atoms. The van der Waals surface area contributed by atoms with Gasteiger partial charge in [0.05, 0.1) is 6.04 Å². The minimum Gasteiger partial charge on any atom is -0.444 e. The van der Waals surface area contributed by atoms with Crippen molar-refractivity contribution in [2.45, 2.75) is 65.1 Å². The molecular weight excluding hydrogens is 272 g/mol. The van der Waals surface area contributed by atoms with Crippen LogP contribution < -0.4 is 5.32 Å². The van der Waals surface area contributed by atoms with Crippen LogP contribution in [0.2, 0.25) is 0 Å². The first-order valence-electron chi connectivity index (χ1n) is 7.41. The van der Waals surface area contributed by atoms with Crippen LogP contribution in [-0.2, 0) is 14.3 Å². The van der Waals surface area contributed by atoms with E-state index in [-0.39, 0.29) is 17.9 Å². The van der Waals surface area contributed by atoms with E-state index in [0.717, 1.165) is 12.7 Å². The Labute approximate surface area is 126 Å². The SMILES string of the molecule is CC(C)C(NC(=O)OC(C)(C)C)C(=O)N1CCCC1C=O. The molecule has 0 aliphatic carbocycles. The van der Waals surface area contributed by atoms with E-state index in [0.29, 0.717) is 13.0 Å². The second kappa shape index (κ2) is 6.91. The Bertz CT molecular complexity index is 401. The van der Waals surface area contributed by atoms with Gasteiger partial charge in [0.25, 0.3) is 0 Å². The average molecular weight is 298 g/mol. The number of nitrogens with one attached hydrogen (secondary N) is 1. The molecule has 1 heterocycles. The molecule has 1 N–H and O–H groups in total. The fraction of sp³-hybridized carbons (Fsp3) is 0.800. The van der Waals surface area contributed by atoms with Gasteiger partial charge in [0.2, 0.25) is 5.91 Å². The van der Waals surface area contributed by atoms with Crippen LogP contribution in [0, 0.1) is 5.92 Å². The molecule has 6 heteroatoms. The number of rotatable bonds is 4. The van der Waals surface area contributed by atoms with Crippen molar-refractivity contribution in [1.29, 1.82) is 0 Å². The van der Waals surface area contributed by atoms with E-state index in [1.54, 1.807) is 25.7 Å². The van der Waals surface area contributed by atoms with Crippen LogP contribution in [0.15, 0.2) is 0 Å². The molecule has 1 fully saturated rings. The van der Waals surface area contributed by atoms with Crippen LogP contribution in [-0.4, -0.2) is 47.4 Å². The van der Waals surface area contributed by atoms with Gasteiger partial charge in [-0.15, -0.1) is 0 Å². The minimum atomic E-state index is -0.680. The summed E-state index contributed by atoms with van der Waals surface area (Å²) in [4.78, 5) is 37.0. The summed E-state index contributed by atoms with van der Waals surface area (Å²) in [5.41, 5.74) is -0.617. The van der Waals surface area contributed by atoms with E-state index >= 15 is 0 Å². The van der Waals surface area contributed by atoms with E-state index in [4.69, 9.17) is 4.74 Å². The zero-order valence-corrected chi connectivity index (χ0v) is 13.5. The van der Waals surface area contributed by atoms with Crippen LogP contribution in [0.25, 0.3) is 0 Å². The molecular formula is C15H26N2O4. The highest BCUT2D eigenvalue weighted by atomic mass is 16.6. The number of ether oxygens (including phenoxy) is 1. The summed E-state index contributed by atoms with van der Waals surface area (Å²) < 4.78 is 5.19. The summed E-state index contributed by atoms with van der Waals surface area (Å²) in [6, 6.07) is -1.06.